The summed E-state index contributed by atoms with van der Waals surface area (Å²) in [5.74, 6) is 1.33. The summed E-state index contributed by atoms with van der Waals surface area (Å²) in [7, 11) is 1.58. The van der Waals surface area contributed by atoms with Crippen LogP contribution >= 0.6 is 11.8 Å². The molecule has 1 N–H and O–H groups in total. The van der Waals surface area contributed by atoms with Gasteiger partial charge in [-0.05, 0) is 39.0 Å². The SMILES string of the molecule is CCn1c(SC(C)C(=O)Nc2ccccc2OC)nnc1-c1cccc(C)c1. The van der Waals surface area contributed by atoms with Gasteiger partial charge in [0.05, 0.1) is 18.0 Å². The number of nitrogens with zero attached hydrogens (tertiary/aromatic N) is 3. The van der Waals surface area contributed by atoms with Gasteiger partial charge in [-0.2, -0.15) is 0 Å². The Hall–Kier alpha value is -2.80. The van der Waals surface area contributed by atoms with Gasteiger partial charge in [0.15, 0.2) is 11.0 Å². The molecule has 1 amide bonds. The molecule has 6 nitrogen and oxygen atoms in total. The Morgan fingerprint density at radius 1 is 1.21 bits per heavy atom. The fraction of sp³-hybridized carbons (Fsp3) is 0.286. The number of hydrogen-bond donors (Lipinski definition) is 1. The zero-order valence-electron chi connectivity index (χ0n) is 16.5. The highest BCUT2D eigenvalue weighted by molar-refractivity contribution is 8.00. The van der Waals surface area contributed by atoms with Crippen LogP contribution in [0.5, 0.6) is 5.75 Å². The first-order valence-corrected chi connectivity index (χ1v) is 10.0. The normalized spacial score (nSPS) is 11.9. The Labute approximate surface area is 169 Å². The Balaban J connectivity index is 1.77. The van der Waals surface area contributed by atoms with Crippen LogP contribution in [0.2, 0.25) is 0 Å². The Kier molecular flexibility index (Phi) is 6.36. The third-order valence-electron chi connectivity index (χ3n) is 4.33. The van der Waals surface area contributed by atoms with Crippen LogP contribution in [0.4, 0.5) is 5.69 Å². The highest BCUT2D eigenvalue weighted by Gasteiger charge is 2.21. The Bertz CT molecular complexity index is 971. The number of thioether (sulfide) groups is 1. The van der Waals surface area contributed by atoms with E-state index in [1.54, 1.807) is 7.11 Å². The van der Waals surface area contributed by atoms with Crippen molar-refractivity contribution in [3.63, 3.8) is 0 Å². The largest absolute Gasteiger partial charge is 0.495 e. The molecule has 0 radical (unpaired) electrons. The van der Waals surface area contributed by atoms with E-state index in [2.05, 4.69) is 34.6 Å². The molecule has 0 bridgehead atoms. The van der Waals surface area contributed by atoms with Crippen LogP contribution in [0.1, 0.15) is 19.4 Å². The number of ether oxygens (including phenoxy) is 1. The minimum absolute atomic E-state index is 0.114. The van der Waals surface area contributed by atoms with E-state index >= 15 is 0 Å². The molecule has 0 saturated heterocycles. The first kappa shape index (κ1) is 19.9. The highest BCUT2D eigenvalue weighted by atomic mass is 32.2. The fourth-order valence-corrected chi connectivity index (χ4v) is 3.77. The first-order chi connectivity index (χ1) is 13.5. The third kappa shape index (κ3) is 4.36. The summed E-state index contributed by atoms with van der Waals surface area (Å²) in [5, 5.41) is 12.0. The first-order valence-electron chi connectivity index (χ1n) is 9.14. The zero-order chi connectivity index (χ0) is 20.1. The zero-order valence-corrected chi connectivity index (χ0v) is 17.3. The number of carbonyl (C=O) groups excluding carboxylic acids is 1. The lowest BCUT2D eigenvalue weighted by Crippen LogP contribution is -2.23. The smallest absolute Gasteiger partial charge is 0.237 e. The molecule has 2 aromatic carbocycles. The minimum atomic E-state index is -0.343. The van der Waals surface area contributed by atoms with Gasteiger partial charge in [-0.1, -0.05) is 47.7 Å². The van der Waals surface area contributed by atoms with Crippen LogP contribution in [-0.4, -0.2) is 33.0 Å². The molecule has 1 aromatic heterocycles. The maximum Gasteiger partial charge on any atom is 0.237 e. The number of carbonyl (C=O) groups is 1. The van der Waals surface area contributed by atoms with E-state index in [4.69, 9.17) is 4.74 Å². The number of nitrogens with one attached hydrogen (secondary N) is 1. The van der Waals surface area contributed by atoms with Crippen molar-refractivity contribution in [3.05, 3.63) is 54.1 Å². The number of benzene rings is 2. The van der Waals surface area contributed by atoms with Gasteiger partial charge in [-0.15, -0.1) is 10.2 Å². The van der Waals surface area contributed by atoms with E-state index in [1.807, 2.05) is 54.8 Å². The van der Waals surface area contributed by atoms with E-state index in [9.17, 15) is 4.79 Å². The van der Waals surface area contributed by atoms with E-state index in [0.717, 1.165) is 23.1 Å². The number of amides is 1. The standard InChI is InChI=1S/C21H24N4O2S/c1-5-25-19(16-10-8-9-14(2)13-16)23-24-21(25)28-15(3)20(26)22-17-11-6-7-12-18(17)27-4/h6-13,15H,5H2,1-4H3,(H,22,26). The number of hydrogen-bond acceptors (Lipinski definition) is 5. The van der Waals surface area contributed by atoms with Crippen LogP contribution in [0, 0.1) is 6.92 Å². The third-order valence-corrected chi connectivity index (χ3v) is 5.41. The average Bonchev–Trinajstić information content (AvgIpc) is 3.10. The van der Waals surface area contributed by atoms with Crippen molar-refractivity contribution in [3.8, 4) is 17.1 Å². The van der Waals surface area contributed by atoms with Gasteiger partial charge < -0.3 is 14.6 Å². The second-order valence-electron chi connectivity index (χ2n) is 6.37. The molecule has 0 aliphatic carbocycles. The predicted molar refractivity (Wildman–Crippen MR) is 113 cm³/mol. The van der Waals surface area contributed by atoms with Gasteiger partial charge in [0, 0.05) is 12.1 Å². The summed E-state index contributed by atoms with van der Waals surface area (Å²) in [5.41, 5.74) is 2.84. The molecule has 7 heteroatoms. The number of methoxy groups -OCH3 is 1. The average molecular weight is 397 g/mol. The second kappa shape index (κ2) is 8.93. The number of aryl methyl sites for hydroxylation is 1. The topological polar surface area (TPSA) is 69.0 Å². The van der Waals surface area contributed by atoms with Crippen LogP contribution in [-0.2, 0) is 11.3 Å². The molecular formula is C21H24N4O2S. The van der Waals surface area contributed by atoms with Crippen LogP contribution in [0.3, 0.4) is 0 Å². The number of aromatic nitrogens is 3. The lowest BCUT2D eigenvalue weighted by atomic mass is 10.1. The summed E-state index contributed by atoms with van der Waals surface area (Å²) in [6.07, 6.45) is 0. The molecule has 28 heavy (non-hydrogen) atoms. The van der Waals surface area contributed by atoms with Gasteiger partial charge in [0.2, 0.25) is 5.91 Å². The summed E-state index contributed by atoms with van der Waals surface area (Å²) >= 11 is 1.39. The Morgan fingerprint density at radius 3 is 2.71 bits per heavy atom. The van der Waals surface area contributed by atoms with Gasteiger partial charge in [0.25, 0.3) is 0 Å². The number of para-hydroxylation sites is 2. The number of rotatable bonds is 7. The van der Waals surface area contributed by atoms with Crippen LogP contribution in [0.25, 0.3) is 11.4 Å². The summed E-state index contributed by atoms with van der Waals surface area (Å²) < 4.78 is 7.33. The number of anilines is 1. The van der Waals surface area contributed by atoms with Crippen molar-refractivity contribution in [2.24, 2.45) is 0 Å². The lowest BCUT2D eigenvalue weighted by Gasteiger charge is -2.14. The summed E-state index contributed by atoms with van der Waals surface area (Å²) in [4.78, 5) is 12.7. The molecule has 0 saturated carbocycles. The van der Waals surface area contributed by atoms with Gasteiger partial charge in [-0.25, -0.2) is 0 Å². The van der Waals surface area contributed by atoms with Crippen molar-refractivity contribution in [1.29, 1.82) is 0 Å². The molecule has 0 spiro atoms. The van der Waals surface area contributed by atoms with E-state index < -0.39 is 0 Å². The molecule has 146 valence electrons. The molecule has 0 aliphatic rings. The summed E-state index contributed by atoms with van der Waals surface area (Å²) in [6, 6.07) is 15.5. The second-order valence-corrected chi connectivity index (χ2v) is 7.68. The lowest BCUT2D eigenvalue weighted by molar-refractivity contribution is -0.115. The fourth-order valence-electron chi connectivity index (χ4n) is 2.85. The minimum Gasteiger partial charge on any atom is -0.495 e. The maximum absolute atomic E-state index is 12.7. The molecule has 1 unspecified atom stereocenters. The van der Waals surface area contributed by atoms with Crippen molar-refractivity contribution >= 4 is 23.4 Å². The monoisotopic (exact) mass is 396 g/mol. The van der Waals surface area contributed by atoms with Crippen LogP contribution in [0.15, 0.2) is 53.7 Å². The molecule has 0 aliphatic heterocycles. The van der Waals surface area contributed by atoms with Crippen molar-refractivity contribution in [2.75, 3.05) is 12.4 Å². The predicted octanol–water partition coefficient (Wildman–Crippen LogP) is 4.40. The van der Waals surface area contributed by atoms with E-state index in [1.165, 1.54) is 17.3 Å². The van der Waals surface area contributed by atoms with Gasteiger partial charge in [-0.3, -0.25) is 4.79 Å². The van der Waals surface area contributed by atoms with Crippen molar-refractivity contribution in [2.45, 2.75) is 37.7 Å². The quantitative estimate of drug-likeness (QED) is 0.600. The van der Waals surface area contributed by atoms with E-state index in [0.29, 0.717) is 11.4 Å². The Morgan fingerprint density at radius 2 is 2.00 bits per heavy atom. The highest BCUT2D eigenvalue weighted by Crippen LogP contribution is 2.29. The molecular weight excluding hydrogens is 372 g/mol. The van der Waals surface area contributed by atoms with Crippen molar-refractivity contribution in [1.82, 2.24) is 14.8 Å². The van der Waals surface area contributed by atoms with Crippen molar-refractivity contribution < 1.29 is 9.53 Å². The molecule has 3 aromatic rings. The van der Waals surface area contributed by atoms with Gasteiger partial charge in [0.1, 0.15) is 5.75 Å². The van der Waals surface area contributed by atoms with Crippen LogP contribution < -0.4 is 10.1 Å². The molecule has 1 heterocycles. The van der Waals surface area contributed by atoms with Gasteiger partial charge >= 0.3 is 0 Å². The molecule has 1 atom stereocenters. The van der Waals surface area contributed by atoms with E-state index in [-0.39, 0.29) is 11.2 Å². The molecule has 3 rings (SSSR count). The maximum atomic E-state index is 12.7. The molecule has 0 fully saturated rings. The summed E-state index contributed by atoms with van der Waals surface area (Å²) in [6.45, 7) is 6.68.